The molecule has 3 N–H and O–H groups in total. The Hall–Kier alpha value is -1.71. The van der Waals surface area contributed by atoms with Gasteiger partial charge in [-0.05, 0) is 30.5 Å². The molecule has 0 unspecified atom stereocenters. The summed E-state index contributed by atoms with van der Waals surface area (Å²) in [6.07, 6.45) is 2.35. The van der Waals surface area contributed by atoms with E-state index in [-0.39, 0.29) is 5.75 Å². The van der Waals surface area contributed by atoms with Gasteiger partial charge in [0.05, 0.1) is 6.54 Å². The van der Waals surface area contributed by atoms with Gasteiger partial charge in [0.2, 0.25) is 0 Å². The Kier molecular flexibility index (Phi) is 7.55. The minimum Gasteiger partial charge on any atom is -0.508 e. The summed E-state index contributed by atoms with van der Waals surface area (Å²) in [4.78, 5) is 4.55. The summed E-state index contributed by atoms with van der Waals surface area (Å²) in [6.45, 7) is 8.84. The molecule has 0 aromatic heterocycles. The Balaban J connectivity index is 2.58. The number of nitrogens with zero attached hydrogens (tertiary/aromatic N) is 1. The van der Waals surface area contributed by atoms with E-state index in [1.54, 1.807) is 12.1 Å². The van der Waals surface area contributed by atoms with E-state index in [2.05, 4.69) is 36.4 Å². The average Bonchev–Trinajstić information content (AvgIpc) is 2.45. The molecule has 0 radical (unpaired) electrons. The van der Waals surface area contributed by atoms with Gasteiger partial charge in [-0.2, -0.15) is 0 Å². The highest BCUT2D eigenvalue weighted by Crippen LogP contribution is 2.11. The fraction of sp³-hybridized carbons (Fsp3) is 0.562. The molecule has 0 heterocycles. The largest absolute Gasteiger partial charge is 0.508 e. The van der Waals surface area contributed by atoms with Crippen molar-refractivity contribution in [2.75, 3.05) is 13.1 Å². The number of phenols is 1. The van der Waals surface area contributed by atoms with Crippen LogP contribution in [0.2, 0.25) is 0 Å². The number of nitrogens with one attached hydrogen (secondary N) is 2. The predicted octanol–water partition coefficient (Wildman–Crippen LogP) is 2.88. The molecule has 0 fully saturated rings. The number of hydrogen-bond acceptors (Lipinski definition) is 2. The van der Waals surface area contributed by atoms with E-state index in [4.69, 9.17) is 0 Å². The smallest absolute Gasteiger partial charge is 0.191 e. The van der Waals surface area contributed by atoms with Crippen LogP contribution >= 0.6 is 0 Å². The van der Waals surface area contributed by atoms with Crippen LogP contribution in [-0.2, 0) is 6.54 Å². The molecule has 0 saturated carbocycles. The highest BCUT2D eigenvalue weighted by molar-refractivity contribution is 5.79. The summed E-state index contributed by atoms with van der Waals surface area (Å²) >= 11 is 0. The molecule has 112 valence electrons. The van der Waals surface area contributed by atoms with Crippen molar-refractivity contribution in [3.05, 3.63) is 29.8 Å². The van der Waals surface area contributed by atoms with Crippen LogP contribution in [0.4, 0.5) is 0 Å². The van der Waals surface area contributed by atoms with Crippen LogP contribution in [0, 0.1) is 5.92 Å². The van der Waals surface area contributed by atoms with Crippen molar-refractivity contribution in [3.8, 4) is 5.75 Å². The molecule has 1 aromatic rings. The standard InChI is InChI=1S/C16H27N3O/c1-4-13(5-2)11-18-16(17-6-3)19-12-14-8-7-9-15(20)10-14/h7-10,13,20H,4-6,11-12H2,1-3H3,(H2,17,18,19). The summed E-state index contributed by atoms with van der Waals surface area (Å²) in [5.41, 5.74) is 1.00. The van der Waals surface area contributed by atoms with Crippen LogP contribution in [0.15, 0.2) is 29.3 Å². The molecule has 0 spiro atoms. The van der Waals surface area contributed by atoms with Gasteiger partial charge < -0.3 is 15.7 Å². The Morgan fingerprint density at radius 2 is 1.95 bits per heavy atom. The van der Waals surface area contributed by atoms with Crippen molar-refractivity contribution >= 4 is 5.96 Å². The average molecular weight is 277 g/mol. The van der Waals surface area contributed by atoms with Crippen molar-refractivity contribution in [2.45, 2.75) is 40.2 Å². The summed E-state index contributed by atoms with van der Waals surface area (Å²) in [5, 5.41) is 16.1. The van der Waals surface area contributed by atoms with Crippen LogP contribution in [0.5, 0.6) is 5.75 Å². The van der Waals surface area contributed by atoms with Crippen molar-refractivity contribution in [2.24, 2.45) is 10.9 Å². The molecule has 4 heteroatoms. The Morgan fingerprint density at radius 1 is 1.20 bits per heavy atom. The first-order valence-corrected chi connectivity index (χ1v) is 7.49. The molecule has 20 heavy (non-hydrogen) atoms. The quantitative estimate of drug-likeness (QED) is 0.530. The van der Waals surface area contributed by atoms with Gasteiger partial charge >= 0.3 is 0 Å². The second-order valence-corrected chi connectivity index (χ2v) is 4.93. The molecular weight excluding hydrogens is 250 g/mol. The SMILES string of the molecule is CCNC(=NCc1cccc(O)c1)NCC(CC)CC. The third-order valence-electron chi connectivity index (χ3n) is 3.39. The van der Waals surface area contributed by atoms with Gasteiger partial charge in [0.25, 0.3) is 0 Å². The number of aromatic hydroxyl groups is 1. The Labute approximate surface area is 122 Å². The Bertz CT molecular complexity index is 414. The molecule has 4 nitrogen and oxygen atoms in total. The first-order valence-electron chi connectivity index (χ1n) is 7.49. The number of aliphatic imine (C=N–C) groups is 1. The van der Waals surface area contributed by atoms with E-state index in [0.29, 0.717) is 12.5 Å². The van der Waals surface area contributed by atoms with Crippen LogP contribution in [0.25, 0.3) is 0 Å². The first-order chi connectivity index (χ1) is 9.69. The van der Waals surface area contributed by atoms with Gasteiger partial charge in [0.15, 0.2) is 5.96 Å². The van der Waals surface area contributed by atoms with Gasteiger partial charge in [-0.3, -0.25) is 0 Å². The highest BCUT2D eigenvalue weighted by Gasteiger charge is 2.04. The van der Waals surface area contributed by atoms with Crippen LogP contribution in [0.3, 0.4) is 0 Å². The van der Waals surface area contributed by atoms with Gasteiger partial charge in [0, 0.05) is 13.1 Å². The lowest BCUT2D eigenvalue weighted by atomic mass is 10.0. The molecule has 0 saturated heterocycles. The summed E-state index contributed by atoms with van der Waals surface area (Å²) in [7, 11) is 0. The van der Waals surface area contributed by atoms with Crippen molar-refractivity contribution in [1.29, 1.82) is 0 Å². The van der Waals surface area contributed by atoms with E-state index in [9.17, 15) is 5.11 Å². The lowest BCUT2D eigenvalue weighted by molar-refractivity contribution is 0.474. The maximum absolute atomic E-state index is 9.44. The number of phenolic OH excluding ortho intramolecular Hbond substituents is 1. The van der Waals surface area contributed by atoms with Gasteiger partial charge in [-0.1, -0.05) is 38.8 Å². The molecule has 0 aliphatic rings. The van der Waals surface area contributed by atoms with Crippen LogP contribution in [-0.4, -0.2) is 24.2 Å². The van der Waals surface area contributed by atoms with Gasteiger partial charge in [-0.25, -0.2) is 4.99 Å². The van der Waals surface area contributed by atoms with Crippen LogP contribution in [0.1, 0.15) is 39.2 Å². The summed E-state index contributed by atoms with van der Waals surface area (Å²) in [6, 6.07) is 7.22. The van der Waals surface area contributed by atoms with E-state index in [1.165, 1.54) is 12.8 Å². The third-order valence-corrected chi connectivity index (χ3v) is 3.39. The molecule has 0 amide bonds. The zero-order chi connectivity index (χ0) is 14.8. The lowest BCUT2D eigenvalue weighted by Crippen LogP contribution is -2.39. The topological polar surface area (TPSA) is 56.7 Å². The van der Waals surface area contributed by atoms with E-state index in [0.717, 1.165) is 24.6 Å². The van der Waals surface area contributed by atoms with Crippen molar-refractivity contribution in [3.63, 3.8) is 0 Å². The Morgan fingerprint density at radius 3 is 2.55 bits per heavy atom. The summed E-state index contributed by atoms with van der Waals surface area (Å²) in [5.74, 6) is 1.80. The fourth-order valence-electron chi connectivity index (χ4n) is 1.99. The zero-order valence-corrected chi connectivity index (χ0v) is 12.8. The van der Waals surface area contributed by atoms with Crippen molar-refractivity contribution in [1.82, 2.24) is 10.6 Å². The minimum atomic E-state index is 0.285. The molecular formula is C16H27N3O. The van der Waals surface area contributed by atoms with Crippen molar-refractivity contribution < 1.29 is 5.11 Å². The third kappa shape index (κ3) is 5.95. The molecule has 0 aliphatic carbocycles. The molecule has 1 aromatic carbocycles. The molecule has 1 rings (SSSR count). The van der Waals surface area contributed by atoms with E-state index in [1.807, 2.05) is 12.1 Å². The highest BCUT2D eigenvalue weighted by atomic mass is 16.3. The first kappa shape index (κ1) is 16.3. The monoisotopic (exact) mass is 277 g/mol. The normalized spacial score (nSPS) is 11.7. The summed E-state index contributed by atoms with van der Waals surface area (Å²) < 4.78 is 0. The molecule has 0 atom stereocenters. The lowest BCUT2D eigenvalue weighted by Gasteiger charge is -2.16. The maximum atomic E-state index is 9.44. The maximum Gasteiger partial charge on any atom is 0.191 e. The zero-order valence-electron chi connectivity index (χ0n) is 12.8. The van der Waals surface area contributed by atoms with Crippen LogP contribution < -0.4 is 10.6 Å². The number of hydrogen-bond donors (Lipinski definition) is 3. The molecule has 0 bridgehead atoms. The second-order valence-electron chi connectivity index (χ2n) is 4.93. The fourth-order valence-corrected chi connectivity index (χ4v) is 1.99. The minimum absolute atomic E-state index is 0.285. The molecule has 0 aliphatic heterocycles. The number of rotatable bonds is 7. The number of benzene rings is 1. The second kappa shape index (κ2) is 9.23. The van der Waals surface area contributed by atoms with Gasteiger partial charge in [0.1, 0.15) is 5.75 Å². The predicted molar refractivity (Wildman–Crippen MR) is 85.0 cm³/mol. The van der Waals surface area contributed by atoms with E-state index >= 15 is 0 Å². The number of guanidine groups is 1. The van der Waals surface area contributed by atoms with Gasteiger partial charge in [-0.15, -0.1) is 0 Å². The van der Waals surface area contributed by atoms with E-state index < -0.39 is 0 Å².